The summed E-state index contributed by atoms with van der Waals surface area (Å²) in [5.74, 6) is 0. The van der Waals surface area contributed by atoms with Crippen LogP contribution in [0.4, 0.5) is 0 Å². The van der Waals surface area contributed by atoms with E-state index in [4.69, 9.17) is 0 Å². The van der Waals surface area contributed by atoms with Crippen molar-refractivity contribution in [2.45, 2.75) is 20.3 Å². The Morgan fingerprint density at radius 3 is 2.93 bits per heavy atom. The molecule has 0 atom stereocenters. The van der Waals surface area contributed by atoms with E-state index in [2.05, 4.69) is 53.3 Å². The highest BCUT2D eigenvalue weighted by molar-refractivity contribution is 9.11. The molecule has 0 aliphatic rings. The summed E-state index contributed by atoms with van der Waals surface area (Å²) in [5, 5.41) is 3.39. The monoisotopic (exact) mass is 273 g/mol. The van der Waals surface area contributed by atoms with Crippen LogP contribution in [0.3, 0.4) is 0 Å². The first kappa shape index (κ1) is 12.0. The predicted octanol–water partition coefficient (Wildman–Crippen LogP) is 3.91. The maximum atomic E-state index is 3.46. The van der Waals surface area contributed by atoms with Crippen LogP contribution in [-0.4, -0.2) is 13.1 Å². The minimum Gasteiger partial charge on any atom is -0.313 e. The van der Waals surface area contributed by atoms with Gasteiger partial charge in [0.2, 0.25) is 0 Å². The molecule has 1 N–H and O–H groups in total. The van der Waals surface area contributed by atoms with Gasteiger partial charge in [-0.05, 0) is 54.0 Å². The van der Waals surface area contributed by atoms with Crippen LogP contribution >= 0.6 is 27.3 Å². The molecule has 1 aromatic heterocycles. The van der Waals surface area contributed by atoms with Gasteiger partial charge >= 0.3 is 0 Å². The Kier molecular flexibility index (Phi) is 5.45. The van der Waals surface area contributed by atoms with Crippen molar-refractivity contribution >= 4 is 33.3 Å². The standard InChI is InChI=1S/C11H16BrNS/c1-3-6-13-8-9(2)7-10-4-5-11(12)14-10/h4-5,7,13H,3,6,8H2,1-2H3. The lowest BCUT2D eigenvalue weighted by molar-refractivity contribution is 0.715. The fraction of sp³-hybridized carbons (Fsp3) is 0.455. The molecule has 0 spiro atoms. The average molecular weight is 274 g/mol. The van der Waals surface area contributed by atoms with Crippen molar-refractivity contribution in [2.75, 3.05) is 13.1 Å². The van der Waals surface area contributed by atoms with E-state index in [0.717, 1.165) is 13.1 Å². The number of halogens is 1. The molecular weight excluding hydrogens is 258 g/mol. The highest BCUT2D eigenvalue weighted by Crippen LogP contribution is 2.23. The van der Waals surface area contributed by atoms with E-state index >= 15 is 0 Å². The van der Waals surface area contributed by atoms with E-state index in [0.29, 0.717) is 0 Å². The molecule has 0 fully saturated rings. The van der Waals surface area contributed by atoms with E-state index in [1.807, 2.05) is 0 Å². The second-order valence-electron chi connectivity index (χ2n) is 3.31. The summed E-state index contributed by atoms with van der Waals surface area (Å²) in [6.07, 6.45) is 3.43. The van der Waals surface area contributed by atoms with Crippen LogP contribution in [0.25, 0.3) is 6.08 Å². The van der Waals surface area contributed by atoms with Gasteiger partial charge in [-0.15, -0.1) is 11.3 Å². The Balaban J connectivity index is 2.43. The van der Waals surface area contributed by atoms with Crippen molar-refractivity contribution in [2.24, 2.45) is 0 Å². The summed E-state index contributed by atoms with van der Waals surface area (Å²) in [6, 6.07) is 4.22. The normalized spacial score (nSPS) is 12.1. The summed E-state index contributed by atoms with van der Waals surface area (Å²) >= 11 is 5.23. The van der Waals surface area contributed by atoms with E-state index in [-0.39, 0.29) is 0 Å². The molecule has 0 saturated carbocycles. The number of thiophene rings is 1. The molecule has 1 nitrogen and oxygen atoms in total. The second kappa shape index (κ2) is 6.38. The van der Waals surface area contributed by atoms with Crippen molar-refractivity contribution in [3.63, 3.8) is 0 Å². The summed E-state index contributed by atoms with van der Waals surface area (Å²) in [6.45, 7) is 6.43. The Hall–Kier alpha value is -0.120. The number of hydrogen-bond donors (Lipinski definition) is 1. The molecule has 0 amide bonds. The van der Waals surface area contributed by atoms with Gasteiger partial charge in [-0.3, -0.25) is 0 Å². The molecule has 0 unspecified atom stereocenters. The van der Waals surface area contributed by atoms with Crippen LogP contribution in [0, 0.1) is 0 Å². The van der Waals surface area contributed by atoms with Crippen molar-refractivity contribution in [1.82, 2.24) is 5.32 Å². The smallest absolute Gasteiger partial charge is 0.0704 e. The van der Waals surface area contributed by atoms with Gasteiger partial charge in [0.25, 0.3) is 0 Å². The largest absolute Gasteiger partial charge is 0.313 e. The van der Waals surface area contributed by atoms with Gasteiger partial charge in [0, 0.05) is 11.4 Å². The van der Waals surface area contributed by atoms with E-state index in [1.54, 1.807) is 11.3 Å². The summed E-state index contributed by atoms with van der Waals surface area (Å²) in [4.78, 5) is 1.31. The van der Waals surface area contributed by atoms with Crippen molar-refractivity contribution < 1.29 is 0 Å². The lowest BCUT2D eigenvalue weighted by Gasteiger charge is -2.01. The zero-order valence-corrected chi connectivity index (χ0v) is 11.0. The Bertz CT molecular complexity index is 304. The molecular formula is C11H16BrNS. The van der Waals surface area contributed by atoms with Crippen molar-refractivity contribution in [1.29, 1.82) is 0 Å². The fourth-order valence-corrected chi connectivity index (χ4v) is 2.61. The summed E-state index contributed by atoms with van der Waals surface area (Å²) < 4.78 is 1.19. The Labute approximate surface area is 98.4 Å². The molecule has 3 heteroatoms. The quantitative estimate of drug-likeness (QED) is 0.803. The number of hydrogen-bond acceptors (Lipinski definition) is 2. The molecule has 0 aliphatic heterocycles. The van der Waals surface area contributed by atoms with Gasteiger partial charge in [0.15, 0.2) is 0 Å². The number of rotatable bonds is 5. The van der Waals surface area contributed by atoms with E-state index in [1.165, 1.54) is 20.7 Å². The predicted molar refractivity (Wildman–Crippen MR) is 68.8 cm³/mol. The lowest BCUT2D eigenvalue weighted by atomic mass is 10.2. The zero-order valence-electron chi connectivity index (χ0n) is 8.64. The third-order valence-corrected chi connectivity index (χ3v) is 3.38. The third-order valence-electron chi connectivity index (χ3n) is 1.81. The highest BCUT2D eigenvalue weighted by atomic mass is 79.9. The SMILES string of the molecule is CCCNCC(C)=Cc1ccc(Br)s1. The summed E-state index contributed by atoms with van der Waals surface area (Å²) in [5.41, 5.74) is 1.38. The molecule has 0 aliphatic carbocycles. The van der Waals surface area contributed by atoms with Crippen LogP contribution in [0.1, 0.15) is 25.1 Å². The maximum absolute atomic E-state index is 3.46. The highest BCUT2D eigenvalue weighted by Gasteiger charge is 1.95. The molecule has 14 heavy (non-hydrogen) atoms. The van der Waals surface area contributed by atoms with Crippen molar-refractivity contribution in [3.8, 4) is 0 Å². The molecule has 1 rings (SSSR count). The molecule has 0 aromatic carbocycles. The molecule has 0 bridgehead atoms. The zero-order chi connectivity index (χ0) is 10.4. The second-order valence-corrected chi connectivity index (χ2v) is 5.80. The topological polar surface area (TPSA) is 12.0 Å². The number of nitrogens with one attached hydrogen (secondary N) is 1. The third kappa shape index (κ3) is 4.40. The van der Waals surface area contributed by atoms with Gasteiger partial charge in [0.1, 0.15) is 0 Å². The summed E-state index contributed by atoms with van der Waals surface area (Å²) in [7, 11) is 0. The van der Waals surface area contributed by atoms with Crippen LogP contribution in [0.5, 0.6) is 0 Å². The first-order chi connectivity index (χ1) is 6.72. The van der Waals surface area contributed by atoms with Gasteiger partial charge < -0.3 is 5.32 Å². The molecule has 1 aromatic rings. The molecule has 0 radical (unpaired) electrons. The van der Waals surface area contributed by atoms with Gasteiger partial charge in [-0.2, -0.15) is 0 Å². The Morgan fingerprint density at radius 1 is 1.57 bits per heavy atom. The fourth-order valence-electron chi connectivity index (χ4n) is 1.16. The van der Waals surface area contributed by atoms with Crippen LogP contribution in [-0.2, 0) is 0 Å². The van der Waals surface area contributed by atoms with Crippen LogP contribution in [0.15, 0.2) is 21.5 Å². The van der Waals surface area contributed by atoms with Crippen LogP contribution < -0.4 is 5.32 Å². The van der Waals surface area contributed by atoms with E-state index in [9.17, 15) is 0 Å². The maximum Gasteiger partial charge on any atom is 0.0704 e. The van der Waals surface area contributed by atoms with Gasteiger partial charge in [-0.25, -0.2) is 0 Å². The lowest BCUT2D eigenvalue weighted by Crippen LogP contribution is -2.16. The Morgan fingerprint density at radius 2 is 2.36 bits per heavy atom. The molecule has 78 valence electrons. The minimum atomic E-state index is 0.989. The van der Waals surface area contributed by atoms with Crippen LogP contribution in [0.2, 0.25) is 0 Å². The minimum absolute atomic E-state index is 0.989. The first-order valence-electron chi connectivity index (χ1n) is 4.85. The average Bonchev–Trinajstić information content (AvgIpc) is 2.52. The van der Waals surface area contributed by atoms with E-state index < -0.39 is 0 Å². The first-order valence-corrected chi connectivity index (χ1v) is 6.46. The van der Waals surface area contributed by atoms with Gasteiger partial charge in [0.05, 0.1) is 3.79 Å². The van der Waals surface area contributed by atoms with Crippen molar-refractivity contribution in [3.05, 3.63) is 26.4 Å². The van der Waals surface area contributed by atoms with Gasteiger partial charge in [-0.1, -0.05) is 12.5 Å². The molecule has 1 heterocycles. The molecule has 0 saturated heterocycles.